The van der Waals surface area contributed by atoms with Gasteiger partial charge in [-0.15, -0.1) is 0 Å². The minimum Gasteiger partial charge on any atom is -0.376 e. The van der Waals surface area contributed by atoms with Crippen LogP contribution in [0.2, 0.25) is 0 Å². The van der Waals surface area contributed by atoms with Gasteiger partial charge in [0.2, 0.25) is 0 Å². The van der Waals surface area contributed by atoms with Gasteiger partial charge in [-0.25, -0.2) is 9.97 Å². The van der Waals surface area contributed by atoms with Crippen LogP contribution in [0.25, 0.3) is 11.0 Å². The van der Waals surface area contributed by atoms with Crippen LogP contribution in [0.1, 0.15) is 44.4 Å². The van der Waals surface area contributed by atoms with Crippen molar-refractivity contribution >= 4 is 56.5 Å². The third-order valence-electron chi connectivity index (χ3n) is 5.08. The molecule has 0 bridgehead atoms. The zero-order valence-corrected chi connectivity index (χ0v) is 19.7. The number of hydrogen-bond donors (Lipinski definition) is 3. The quantitative estimate of drug-likeness (QED) is 0.472. The standard InChI is InChI=1S/C22H28N6S2/c1-22(2,3)30-21(29)26-17-9-6-14-15(19(17)28(4)5)7-8-16(14)25-18-10-13-11-23-12-24-20(13)27-18/h6,9-12,16,25H,7-8H2,1-5H3,(H,26,29)(H,23,24,27). The Hall–Kier alpha value is -2.32. The van der Waals surface area contributed by atoms with Crippen LogP contribution in [0.5, 0.6) is 0 Å². The molecule has 158 valence electrons. The first-order valence-corrected chi connectivity index (χ1v) is 11.3. The third kappa shape index (κ3) is 4.39. The fourth-order valence-corrected chi connectivity index (χ4v) is 5.57. The Bertz CT molecular complexity index is 1050. The second-order valence-electron chi connectivity index (χ2n) is 8.80. The highest BCUT2D eigenvalue weighted by Crippen LogP contribution is 2.43. The molecule has 2 heterocycles. The summed E-state index contributed by atoms with van der Waals surface area (Å²) in [7, 11) is 4.19. The average molecular weight is 441 g/mol. The number of nitrogens with zero attached hydrogens (tertiary/aromatic N) is 3. The average Bonchev–Trinajstić information content (AvgIpc) is 3.23. The van der Waals surface area contributed by atoms with Crippen LogP contribution in [-0.4, -0.2) is 38.1 Å². The molecule has 1 aliphatic rings. The summed E-state index contributed by atoms with van der Waals surface area (Å²) in [5, 5.41) is 8.13. The summed E-state index contributed by atoms with van der Waals surface area (Å²) < 4.78 is 0.885. The van der Waals surface area contributed by atoms with Gasteiger partial charge in [-0.05, 0) is 36.1 Å². The van der Waals surface area contributed by atoms with Crippen molar-refractivity contribution in [2.24, 2.45) is 0 Å². The first-order chi connectivity index (χ1) is 14.2. The van der Waals surface area contributed by atoms with E-state index in [9.17, 15) is 0 Å². The van der Waals surface area contributed by atoms with E-state index in [2.05, 4.69) is 83.6 Å². The molecular weight excluding hydrogens is 412 g/mol. The smallest absolute Gasteiger partial charge is 0.142 e. The molecule has 30 heavy (non-hydrogen) atoms. The number of thioether (sulfide) groups is 1. The minimum absolute atomic E-state index is 0.0814. The number of nitrogens with one attached hydrogen (secondary N) is 3. The topological polar surface area (TPSA) is 68.9 Å². The van der Waals surface area contributed by atoms with Crippen LogP contribution in [0.3, 0.4) is 0 Å². The van der Waals surface area contributed by atoms with Gasteiger partial charge in [0.1, 0.15) is 22.1 Å². The minimum atomic E-state index is 0.0814. The van der Waals surface area contributed by atoms with E-state index in [1.54, 1.807) is 18.1 Å². The molecule has 1 aromatic carbocycles. The molecule has 2 aromatic heterocycles. The molecule has 8 heteroatoms. The van der Waals surface area contributed by atoms with Gasteiger partial charge in [0.25, 0.3) is 0 Å². The maximum Gasteiger partial charge on any atom is 0.142 e. The van der Waals surface area contributed by atoms with E-state index in [0.717, 1.165) is 39.7 Å². The Labute approximate surface area is 187 Å². The molecule has 3 aromatic rings. The summed E-state index contributed by atoms with van der Waals surface area (Å²) >= 11 is 7.29. The predicted octanol–water partition coefficient (Wildman–Crippen LogP) is 5.35. The Balaban J connectivity index is 1.59. The van der Waals surface area contributed by atoms with E-state index in [-0.39, 0.29) is 10.8 Å². The molecule has 6 nitrogen and oxygen atoms in total. The van der Waals surface area contributed by atoms with Crippen LogP contribution in [0, 0.1) is 0 Å². The van der Waals surface area contributed by atoms with Gasteiger partial charge < -0.3 is 20.5 Å². The van der Waals surface area contributed by atoms with Crippen molar-refractivity contribution in [1.29, 1.82) is 0 Å². The van der Waals surface area contributed by atoms with E-state index < -0.39 is 0 Å². The predicted molar refractivity (Wildman–Crippen MR) is 133 cm³/mol. The molecular formula is C22H28N6S2. The van der Waals surface area contributed by atoms with Crippen molar-refractivity contribution in [1.82, 2.24) is 15.0 Å². The zero-order valence-electron chi connectivity index (χ0n) is 18.0. The summed E-state index contributed by atoms with van der Waals surface area (Å²) in [4.78, 5) is 13.9. The Morgan fingerprint density at radius 2 is 2.10 bits per heavy atom. The maximum absolute atomic E-state index is 5.61. The maximum atomic E-state index is 5.61. The van der Waals surface area contributed by atoms with Crippen LogP contribution in [-0.2, 0) is 6.42 Å². The lowest BCUT2D eigenvalue weighted by molar-refractivity contribution is 0.758. The lowest BCUT2D eigenvalue weighted by atomic mass is 10.0. The van der Waals surface area contributed by atoms with Crippen molar-refractivity contribution in [3.63, 3.8) is 0 Å². The van der Waals surface area contributed by atoms with Gasteiger partial charge in [-0.2, -0.15) is 0 Å². The highest BCUT2D eigenvalue weighted by molar-refractivity contribution is 8.24. The summed E-state index contributed by atoms with van der Waals surface area (Å²) in [6.07, 6.45) is 5.46. The molecule has 0 spiro atoms. The normalized spacial score (nSPS) is 15.8. The van der Waals surface area contributed by atoms with Gasteiger partial charge >= 0.3 is 0 Å². The summed E-state index contributed by atoms with van der Waals surface area (Å²) in [5.41, 5.74) is 5.85. The highest BCUT2D eigenvalue weighted by Gasteiger charge is 2.28. The highest BCUT2D eigenvalue weighted by atomic mass is 32.2. The van der Waals surface area contributed by atoms with Crippen LogP contribution < -0.4 is 15.5 Å². The zero-order chi connectivity index (χ0) is 21.5. The SMILES string of the molecule is CN(C)c1c(NC(=S)SC(C)(C)C)ccc2c1CCC2Nc1cc2cncnc2[nH]1. The van der Waals surface area contributed by atoms with E-state index >= 15 is 0 Å². The van der Waals surface area contributed by atoms with E-state index in [4.69, 9.17) is 12.2 Å². The van der Waals surface area contributed by atoms with E-state index in [1.165, 1.54) is 16.8 Å². The largest absolute Gasteiger partial charge is 0.376 e. The molecule has 1 atom stereocenters. The molecule has 0 fully saturated rings. The van der Waals surface area contributed by atoms with Gasteiger partial charge in [-0.3, -0.25) is 0 Å². The van der Waals surface area contributed by atoms with Crippen molar-refractivity contribution in [2.45, 2.75) is 44.4 Å². The fourth-order valence-electron chi connectivity index (χ4n) is 4.00. The number of aromatic amines is 1. The number of benzene rings is 1. The number of fused-ring (bicyclic) bond motifs is 2. The lowest BCUT2D eigenvalue weighted by Gasteiger charge is -2.25. The molecule has 3 N–H and O–H groups in total. The van der Waals surface area contributed by atoms with Crippen molar-refractivity contribution in [3.05, 3.63) is 41.9 Å². The monoisotopic (exact) mass is 440 g/mol. The number of thiocarbonyl (C=S) groups is 1. The van der Waals surface area contributed by atoms with E-state index in [0.29, 0.717) is 0 Å². The van der Waals surface area contributed by atoms with Gasteiger partial charge in [0, 0.05) is 30.4 Å². The number of hydrogen-bond acceptors (Lipinski definition) is 6. The Kier molecular flexibility index (Phi) is 5.63. The number of H-pyrrole nitrogens is 1. The van der Waals surface area contributed by atoms with Crippen molar-refractivity contribution < 1.29 is 0 Å². The summed E-state index contributed by atoms with van der Waals surface area (Å²) in [6.45, 7) is 6.52. The second kappa shape index (κ2) is 8.07. The molecule has 1 aliphatic carbocycles. The Morgan fingerprint density at radius 1 is 1.30 bits per heavy atom. The molecule has 0 amide bonds. The van der Waals surface area contributed by atoms with Gasteiger partial charge in [-0.1, -0.05) is 50.8 Å². The van der Waals surface area contributed by atoms with Gasteiger partial charge in [0.15, 0.2) is 0 Å². The summed E-state index contributed by atoms with van der Waals surface area (Å²) in [6, 6.07) is 6.70. The first-order valence-electron chi connectivity index (χ1n) is 10.1. The van der Waals surface area contributed by atoms with Crippen LogP contribution >= 0.6 is 24.0 Å². The molecule has 0 saturated carbocycles. The number of anilines is 3. The molecule has 0 radical (unpaired) electrons. The molecule has 1 unspecified atom stereocenters. The first kappa shape index (κ1) is 20.9. The molecule has 0 aliphatic heterocycles. The fraction of sp³-hybridized carbons (Fsp3) is 0.409. The van der Waals surface area contributed by atoms with Crippen LogP contribution in [0.15, 0.2) is 30.7 Å². The molecule has 0 saturated heterocycles. The van der Waals surface area contributed by atoms with Crippen molar-refractivity contribution in [3.8, 4) is 0 Å². The Morgan fingerprint density at radius 3 is 2.80 bits per heavy atom. The van der Waals surface area contributed by atoms with E-state index in [1.807, 2.05) is 6.20 Å². The number of aromatic nitrogens is 3. The number of rotatable bonds is 4. The second-order valence-corrected chi connectivity index (χ2v) is 11.3. The van der Waals surface area contributed by atoms with Crippen LogP contribution in [0.4, 0.5) is 17.2 Å². The molecule has 4 rings (SSSR count). The van der Waals surface area contributed by atoms with Crippen molar-refractivity contribution in [2.75, 3.05) is 29.6 Å². The summed E-state index contributed by atoms with van der Waals surface area (Å²) in [5.74, 6) is 0.972. The lowest BCUT2D eigenvalue weighted by Crippen LogP contribution is -2.19. The third-order valence-corrected chi connectivity index (χ3v) is 6.34. The van der Waals surface area contributed by atoms with Gasteiger partial charge in [0.05, 0.1) is 17.4 Å².